The monoisotopic (exact) mass is 238 g/mol. The molecule has 2 aromatic heterocycles. The third-order valence-corrected chi connectivity index (χ3v) is 2.57. The van der Waals surface area contributed by atoms with Crippen molar-refractivity contribution in [2.75, 3.05) is 6.61 Å². The van der Waals surface area contributed by atoms with Gasteiger partial charge in [-0.25, -0.2) is 0 Å². The molecule has 0 aliphatic rings. The molecule has 2 rings (SSSR count). The molecule has 5 heteroatoms. The summed E-state index contributed by atoms with van der Waals surface area (Å²) in [6.45, 7) is 4.12. The second-order valence-electron chi connectivity index (χ2n) is 3.35. The van der Waals surface area contributed by atoms with E-state index < -0.39 is 0 Å². The molecule has 4 nitrogen and oxygen atoms in total. The van der Waals surface area contributed by atoms with Crippen molar-refractivity contribution in [3.8, 4) is 5.88 Å². The van der Waals surface area contributed by atoms with Gasteiger partial charge < -0.3 is 4.74 Å². The van der Waals surface area contributed by atoms with Crippen molar-refractivity contribution in [1.82, 2.24) is 9.38 Å². The van der Waals surface area contributed by atoms with Crippen LogP contribution in [0.5, 0.6) is 5.88 Å². The minimum atomic E-state index is -0.307. The fraction of sp³-hybridized carbons (Fsp3) is 0.273. The molecule has 0 radical (unpaired) electrons. The van der Waals surface area contributed by atoms with Gasteiger partial charge in [0.15, 0.2) is 5.02 Å². The summed E-state index contributed by atoms with van der Waals surface area (Å²) in [7, 11) is 0. The normalized spacial score (nSPS) is 10.7. The van der Waals surface area contributed by atoms with Crippen LogP contribution in [0.1, 0.15) is 12.5 Å². The molecule has 0 N–H and O–H groups in total. The summed E-state index contributed by atoms with van der Waals surface area (Å²) >= 11 is 5.88. The number of pyridine rings is 1. The second kappa shape index (κ2) is 4.14. The van der Waals surface area contributed by atoms with Gasteiger partial charge in [-0.2, -0.15) is 4.98 Å². The van der Waals surface area contributed by atoms with Crippen LogP contribution in [0.4, 0.5) is 0 Å². The zero-order valence-corrected chi connectivity index (χ0v) is 9.78. The second-order valence-corrected chi connectivity index (χ2v) is 3.73. The van der Waals surface area contributed by atoms with Crippen molar-refractivity contribution in [3.63, 3.8) is 0 Å². The Labute approximate surface area is 97.5 Å². The van der Waals surface area contributed by atoms with E-state index in [2.05, 4.69) is 4.98 Å². The highest BCUT2D eigenvalue weighted by molar-refractivity contribution is 6.31. The van der Waals surface area contributed by atoms with Gasteiger partial charge in [0.05, 0.1) is 6.61 Å². The topological polar surface area (TPSA) is 43.6 Å². The molecular formula is C11H11ClN2O2. The predicted octanol–water partition coefficient (Wildman–Crippen LogP) is 2.06. The van der Waals surface area contributed by atoms with Crippen molar-refractivity contribution >= 4 is 17.2 Å². The van der Waals surface area contributed by atoms with E-state index in [1.165, 1.54) is 4.40 Å². The molecule has 2 heterocycles. The van der Waals surface area contributed by atoms with Crippen LogP contribution in [0.3, 0.4) is 0 Å². The van der Waals surface area contributed by atoms with Crippen molar-refractivity contribution in [2.45, 2.75) is 13.8 Å². The van der Waals surface area contributed by atoms with Crippen LogP contribution in [-0.2, 0) is 0 Å². The summed E-state index contributed by atoms with van der Waals surface area (Å²) in [5, 5.41) is 0.0185. The Morgan fingerprint density at radius 2 is 2.31 bits per heavy atom. The standard InChI is InChI=1S/C11H11ClN2O2/c1-3-16-10-8(12)11(15)14-6-4-5-7(2)9(14)13-10/h4-6H,3H2,1-2H3. The van der Waals surface area contributed by atoms with Gasteiger partial charge in [-0.05, 0) is 25.5 Å². The van der Waals surface area contributed by atoms with Crippen molar-refractivity contribution in [1.29, 1.82) is 0 Å². The molecule has 0 amide bonds. The predicted molar refractivity (Wildman–Crippen MR) is 62.4 cm³/mol. The van der Waals surface area contributed by atoms with E-state index in [0.29, 0.717) is 12.3 Å². The first-order valence-electron chi connectivity index (χ1n) is 4.95. The number of ether oxygens (including phenoxy) is 1. The molecule has 0 bridgehead atoms. The molecule has 0 aliphatic carbocycles. The third-order valence-electron chi connectivity index (χ3n) is 2.25. The van der Waals surface area contributed by atoms with Crippen LogP contribution in [-0.4, -0.2) is 16.0 Å². The van der Waals surface area contributed by atoms with Gasteiger partial charge in [-0.15, -0.1) is 0 Å². The Bertz CT molecular complexity index is 592. The molecule has 0 unspecified atom stereocenters. The Balaban J connectivity index is 2.84. The van der Waals surface area contributed by atoms with Gasteiger partial charge in [0.1, 0.15) is 5.65 Å². The maximum Gasteiger partial charge on any atom is 0.280 e. The summed E-state index contributed by atoms with van der Waals surface area (Å²) in [5.74, 6) is 0.198. The third kappa shape index (κ3) is 1.65. The van der Waals surface area contributed by atoms with Crippen molar-refractivity contribution in [2.24, 2.45) is 0 Å². The van der Waals surface area contributed by atoms with Crippen LogP contribution < -0.4 is 10.3 Å². The Kier molecular flexibility index (Phi) is 2.83. The summed E-state index contributed by atoms with van der Waals surface area (Å²) in [5.41, 5.74) is 1.16. The Morgan fingerprint density at radius 3 is 3.00 bits per heavy atom. The average molecular weight is 239 g/mol. The fourth-order valence-corrected chi connectivity index (χ4v) is 1.68. The zero-order chi connectivity index (χ0) is 11.7. The van der Waals surface area contributed by atoms with Gasteiger partial charge in [-0.3, -0.25) is 9.20 Å². The molecule has 0 fully saturated rings. The van der Waals surface area contributed by atoms with E-state index in [1.807, 2.05) is 19.9 Å². The number of halogens is 1. The van der Waals surface area contributed by atoms with Crippen LogP contribution in [0.25, 0.3) is 5.65 Å². The summed E-state index contributed by atoms with van der Waals surface area (Å²) in [4.78, 5) is 16.1. The number of fused-ring (bicyclic) bond motifs is 1. The molecule has 0 aliphatic heterocycles. The molecule has 0 saturated carbocycles. The maximum atomic E-state index is 11.9. The summed E-state index contributed by atoms with van der Waals surface area (Å²) < 4.78 is 6.64. The molecule has 0 saturated heterocycles. The SMILES string of the molecule is CCOc1nc2c(C)cccn2c(=O)c1Cl. The van der Waals surface area contributed by atoms with E-state index in [1.54, 1.807) is 12.3 Å². The van der Waals surface area contributed by atoms with Gasteiger partial charge >= 0.3 is 0 Å². The number of aromatic nitrogens is 2. The molecule has 2 aromatic rings. The lowest BCUT2D eigenvalue weighted by molar-refractivity contribution is 0.327. The van der Waals surface area contributed by atoms with Crippen molar-refractivity contribution < 1.29 is 4.74 Å². The number of hydrogen-bond acceptors (Lipinski definition) is 3. The Hall–Kier alpha value is -1.55. The number of nitrogens with zero attached hydrogens (tertiary/aromatic N) is 2. The first kappa shape index (κ1) is 11.0. The molecule has 0 spiro atoms. The lowest BCUT2D eigenvalue weighted by Gasteiger charge is -2.08. The highest BCUT2D eigenvalue weighted by Crippen LogP contribution is 2.19. The first-order chi connectivity index (χ1) is 7.65. The molecule has 84 valence electrons. The summed E-state index contributed by atoms with van der Waals surface area (Å²) in [6.07, 6.45) is 1.64. The first-order valence-corrected chi connectivity index (χ1v) is 5.33. The average Bonchev–Trinajstić information content (AvgIpc) is 2.27. The fourth-order valence-electron chi connectivity index (χ4n) is 1.49. The highest BCUT2D eigenvalue weighted by atomic mass is 35.5. The molecular weight excluding hydrogens is 228 g/mol. The minimum Gasteiger partial charge on any atom is -0.477 e. The lowest BCUT2D eigenvalue weighted by Crippen LogP contribution is -2.17. The van der Waals surface area contributed by atoms with E-state index in [9.17, 15) is 4.79 Å². The number of hydrogen-bond donors (Lipinski definition) is 0. The smallest absolute Gasteiger partial charge is 0.280 e. The Morgan fingerprint density at radius 1 is 1.56 bits per heavy atom. The van der Waals surface area contributed by atoms with Crippen LogP contribution in [0.15, 0.2) is 23.1 Å². The van der Waals surface area contributed by atoms with Gasteiger partial charge in [0.25, 0.3) is 5.56 Å². The van der Waals surface area contributed by atoms with E-state index in [-0.39, 0.29) is 16.5 Å². The maximum absolute atomic E-state index is 11.9. The lowest BCUT2D eigenvalue weighted by atomic mass is 10.3. The summed E-state index contributed by atoms with van der Waals surface area (Å²) in [6, 6.07) is 3.66. The zero-order valence-electron chi connectivity index (χ0n) is 9.03. The molecule has 0 aromatic carbocycles. The quantitative estimate of drug-likeness (QED) is 0.804. The number of rotatable bonds is 2. The van der Waals surface area contributed by atoms with Gasteiger partial charge in [0.2, 0.25) is 5.88 Å². The van der Waals surface area contributed by atoms with E-state index in [4.69, 9.17) is 16.3 Å². The van der Waals surface area contributed by atoms with E-state index in [0.717, 1.165) is 5.56 Å². The van der Waals surface area contributed by atoms with Crippen LogP contribution in [0, 0.1) is 6.92 Å². The van der Waals surface area contributed by atoms with Gasteiger partial charge in [-0.1, -0.05) is 17.7 Å². The highest BCUT2D eigenvalue weighted by Gasteiger charge is 2.12. The van der Waals surface area contributed by atoms with Crippen molar-refractivity contribution in [3.05, 3.63) is 39.3 Å². The molecule has 0 atom stereocenters. The number of aryl methyl sites for hydroxylation is 1. The van der Waals surface area contributed by atoms with Crippen LogP contribution in [0.2, 0.25) is 5.02 Å². The van der Waals surface area contributed by atoms with Crippen LogP contribution >= 0.6 is 11.6 Å². The minimum absolute atomic E-state index is 0.0185. The van der Waals surface area contributed by atoms with Gasteiger partial charge in [0, 0.05) is 6.20 Å². The largest absolute Gasteiger partial charge is 0.477 e. The molecule has 16 heavy (non-hydrogen) atoms. The van der Waals surface area contributed by atoms with E-state index >= 15 is 0 Å².